The van der Waals surface area contributed by atoms with Gasteiger partial charge in [-0.15, -0.1) is 0 Å². The van der Waals surface area contributed by atoms with Gasteiger partial charge in [-0.3, -0.25) is 13.7 Å². The van der Waals surface area contributed by atoms with E-state index in [0.717, 1.165) is 0 Å². The van der Waals surface area contributed by atoms with Gasteiger partial charge in [-0.1, -0.05) is 20.8 Å². The van der Waals surface area contributed by atoms with Crippen LogP contribution in [0.25, 0.3) is 11.2 Å². The number of nitrogens with two attached hydrogens (primary N) is 1. The highest BCUT2D eigenvalue weighted by Crippen LogP contribution is 2.55. The Labute approximate surface area is 184 Å². The van der Waals surface area contributed by atoms with Crippen LogP contribution in [0.15, 0.2) is 11.1 Å². The number of nitrogens with zero attached hydrogens (tertiary/aromatic N) is 4. The highest BCUT2D eigenvalue weighted by Gasteiger charge is 2.55. The summed E-state index contributed by atoms with van der Waals surface area (Å²) in [6.07, 6.45) is -0.747. The molecule has 2 aliphatic rings. The monoisotopic (exact) mass is 519 g/mol. The SMILES string of the molecule is CC(C)(C)[Si](C)(C)O[C@H]1C2OP(C)(=O)OCC2O[C@H]1n1c(Br)nc2c(N)ncnc21. The Morgan fingerprint density at radius 2 is 2.07 bits per heavy atom. The minimum absolute atomic E-state index is 0.0441. The van der Waals surface area contributed by atoms with Crippen LogP contribution >= 0.6 is 23.5 Å². The third-order valence-corrected chi connectivity index (χ3v) is 12.3. The van der Waals surface area contributed by atoms with Crippen LogP contribution in [0.1, 0.15) is 27.0 Å². The first-order valence-corrected chi connectivity index (χ1v) is 15.4. The molecule has 10 nitrogen and oxygen atoms in total. The quantitative estimate of drug-likeness (QED) is 0.367. The maximum absolute atomic E-state index is 12.6. The van der Waals surface area contributed by atoms with Gasteiger partial charge < -0.3 is 19.4 Å². The van der Waals surface area contributed by atoms with E-state index in [9.17, 15) is 4.57 Å². The van der Waals surface area contributed by atoms with E-state index < -0.39 is 40.5 Å². The molecule has 4 heterocycles. The van der Waals surface area contributed by atoms with Crippen molar-refractivity contribution in [1.29, 1.82) is 0 Å². The first-order valence-electron chi connectivity index (χ1n) is 9.68. The van der Waals surface area contributed by atoms with Crippen molar-refractivity contribution >= 4 is 48.8 Å². The van der Waals surface area contributed by atoms with Crippen molar-refractivity contribution in [3.63, 3.8) is 0 Å². The second-order valence-electron chi connectivity index (χ2n) is 9.23. The zero-order chi connectivity index (χ0) is 22.1. The van der Waals surface area contributed by atoms with Gasteiger partial charge in [0.25, 0.3) is 0 Å². The summed E-state index contributed by atoms with van der Waals surface area (Å²) in [4.78, 5) is 12.8. The lowest BCUT2D eigenvalue weighted by molar-refractivity contribution is -0.0581. The molecule has 0 radical (unpaired) electrons. The van der Waals surface area contributed by atoms with Gasteiger partial charge in [-0.25, -0.2) is 15.0 Å². The van der Waals surface area contributed by atoms with Crippen LogP contribution in [0.3, 0.4) is 0 Å². The van der Waals surface area contributed by atoms with Gasteiger partial charge in [0.2, 0.25) is 0 Å². The summed E-state index contributed by atoms with van der Waals surface area (Å²) in [6.45, 7) is 12.4. The van der Waals surface area contributed by atoms with Gasteiger partial charge in [-0.2, -0.15) is 0 Å². The molecule has 3 unspecified atom stereocenters. The van der Waals surface area contributed by atoms with Crippen LogP contribution in [0.5, 0.6) is 0 Å². The van der Waals surface area contributed by atoms with Crippen molar-refractivity contribution < 1.29 is 22.8 Å². The van der Waals surface area contributed by atoms with E-state index in [1.165, 1.54) is 13.0 Å². The molecule has 2 aliphatic heterocycles. The van der Waals surface area contributed by atoms with E-state index in [-0.39, 0.29) is 17.5 Å². The van der Waals surface area contributed by atoms with Gasteiger partial charge in [0.1, 0.15) is 24.6 Å². The van der Waals surface area contributed by atoms with E-state index in [1.54, 1.807) is 4.57 Å². The van der Waals surface area contributed by atoms with E-state index in [1.807, 2.05) is 0 Å². The predicted octanol–water partition coefficient (Wildman–Crippen LogP) is 3.70. The molecule has 2 aromatic rings. The fraction of sp³-hybridized carbons (Fsp3) is 0.706. The molecule has 2 N–H and O–H groups in total. The van der Waals surface area contributed by atoms with Gasteiger partial charge in [0.05, 0.1) is 6.61 Å². The molecule has 0 saturated carbocycles. The lowest BCUT2D eigenvalue weighted by atomic mass is 10.1. The number of nitrogen functional groups attached to an aromatic ring is 1. The Bertz CT molecular complexity index is 1030. The number of imidazole rings is 1. The van der Waals surface area contributed by atoms with Crippen LogP contribution in [0, 0.1) is 0 Å². The Kier molecular flexibility index (Phi) is 5.45. The van der Waals surface area contributed by atoms with Gasteiger partial charge in [0, 0.05) is 6.66 Å². The zero-order valence-corrected chi connectivity index (χ0v) is 21.3. The minimum Gasteiger partial charge on any atom is -0.407 e. The molecule has 13 heteroatoms. The van der Waals surface area contributed by atoms with Crippen molar-refractivity contribution in [2.24, 2.45) is 0 Å². The van der Waals surface area contributed by atoms with E-state index in [4.69, 9.17) is 23.9 Å². The third kappa shape index (κ3) is 3.76. The number of ether oxygens (including phenoxy) is 1. The molecule has 0 bridgehead atoms. The van der Waals surface area contributed by atoms with Gasteiger partial charge >= 0.3 is 7.60 Å². The average Bonchev–Trinajstić information content (AvgIpc) is 3.11. The van der Waals surface area contributed by atoms with Crippen molar-refractivity contribution in [2.45, 2.75) is 63.4 Å². The average molecular weight is 520 g/mol. The molecule has 5 atom stereocenters. The molecular weight excluding hydrogens is 493 g/mol. The first-order chi connectivity index (χ1) is 13.8. The van der Waals surface area contributed by atoms with Crippen LogP contribution in [-0.2, 0) is 22.8 Å². The highest BCUT2D eigenvalue weighted by molar-refractivity contribution is 9.10. The Morgan fingerprint density at radius 3 is 2.73 bits per heavy atom. The molecule has 0 spiro atoms. The standard InChI is InChI=1S/C17H27BrN5O5PSi/c1-17(2,3)30(5,6)28-12-11-9(7-25-29(4,24)27-11)26-15(12)23-14-10(22-16(23)18)13(19)20-8-21-14/h8-9,11-12,15H,7H2,1-6H3,(H2,19,20,21)/t9?,11?,12-,15+,29?/m0/s1. The van der Waals surface area contributed by atoms with Crippen molar-refractivity contribution in [3.8, 4) is 0 Å². The lowest BCUT2D eigenvalue weighted by Crippen LogP contribution is -2.50. The number of fused-ring (bicyclic) bond motifs is 2. The molecular formula is C17H27BrN5O5PSi. The smallest absolute Gasteiger partial charge is 0.328 e. The molecule has 30 heavy (non-hydrogen) atoms. The number of hydrogen-bond acceptors (Lipinski definition) is 9. The number of anilines is 1. The number of halogens is 1. The predicted molar refractivity (Wildman–Crippen MR) is 118 cm³/mol. The third-order valence-electron chi connectivity index (χ3n) is 6.03. The van der Waals surface area contributed by atoms with Gasteiger partial charge in [-0.05, 0) is 34.1 Å². The first kappa shape index (κ1) is 22.3. The minimum atomic E-state index is -3.20. The van der Waals surface area contributed by atoms with Crippen LogP contribution in [0.4, 0.5) is 5.82 Å². The largest absolute Gasteiger partial charge is 0.407 e. The number of aromatic nitrogens is 4. The van der Waals surface area contributed by atoms with Crippen LogP contribution < -0.4 is 5.73 Å². The van der Waals surface area contributed by atoms with Crippen LogP contribution in [0.2, 0.25) is 18.1 Å². The molecule has 0 aromatic carbocycles. The second kappa shape index (κ2) is 7.33. The molecule has 2 aromatic heterocycles. The molecule has 4 rings (SSSR count). The maximum Gasteiger partial charge on any atom is 0.328 e. The Hall–Kier alpha value is -0.883. The fourth-order valence-electron chi connectivity index (χ4n) is 3.41. The summed E-state index contributed by atoms with van der Waals surface area (Å²) in [7, 11) is -5.44. The Morgan fingerprint density at radius 1 is 1.37 bits per heavy atom. The molecule has 2 saturated heterocycles. The fourth-order valence-corrected chi connectivity index (χ4v) is 6.41. The summed E-state index contributed by atoms with van der Waals surface area (Å²) < 4.78 is 39.2. The highest BCUT2D eigenvalue weighted by atomic mass is 79.9. The summed E-state index contributed by atoms with van der Waals surface area (Å²) in [6, 6.07) is 0. The maximum atomic E-state index is 12.6. The summed E-state index contributed by atoms with van der Waals surface area (Å²) in [5, 5.41) is -0.0441. The van der Waals surface area contributed by atoms with E-state index in [0.29, 0.717) is 15.9 Å². The zero-order valence-electron chi connectivity index (χ0n) is 17.8. The van der Waals surface area contributed by atoms with Crippen LogP contribution in [-0.4, -0.2) is 59.4 Å². The second-order valence-corrected chi connectivity index (χ2v) is 16.7. The van der Waals surface area contributed by atoms with Crippen molar-refractivity contribution in [3.05, 3.63) is 11.1 Å². The normalized spacial score (nSPS) is 32.5. The summed E-state index contributed by atoms with van der Waals surface area (Å²) in [5.41, 5.74) is 6.97. The summed E-state index contributed by atoms with van der Waals surface area (Å²) >= 11 is 3.50. The van der Waals surface area contributed by atoms with Crippen molar-refractivity contribution in [2.75, 3.05) is 19.0 Å². The molecule has 0 amide bonds. The molecule has 166 valence electrons. The van der Waals surface area contributed by atoms with Gasteiger partial charge in [0.15, 0.2) is 36.3 Å². The molecule has 0 aliphatic carbocycles. The van der Waals surface area contributed by atoms with E-state index in [2.05, 4.69) is 64.7 Å². The summed E-state index contributed by atoms with van der Waals surface area (Å²) in [5.74, 6) is 0.273. The molecule has 2 fully saturated rings. The van der Waals surface area contributed by atoms with E-state index >= 15 is 0 Å². The topological polar surface area (TPSA) is 124 Å². The number of rotatable bonds is 3. The van der Waals surface area contributed by atoms with Crippen molar-refractivity contribution in [1.82, 2.24) is 19.5 Å². The Balaban J connectivity index is 1.81. The lowest BCUT2D eigenvalue weighted by Gasteiger charge is -2.41. The number of hydrogen-bond donors (Lipinski definition) is 1.